The zero-order chi connectivity index (χ0) is 18.7. The molecule has 25 heavy (non-hydrogen) atoms. The molecule has 1 amide bonds. The minimum Gasteiger partial charge on any atom is -0.480 e. The summed E-state index contributed by atoms with van der Waals surface area (Å²) in [6, 6.07) is 6.13. The van der Waals surface area contributed by atoms with Crippen molar-refractivity contribution in [1.82, 2.24) is 10.6 Å². The van der Waals surface area contributed by atoms with Gasteiger partial charge in [-0.25, -0.2) is 4.79 Å². The van der Waals surface area contributed by atoms with Crippen molar-refractivity contribution in [2.24, 2.45) is 4.99 Å². The van der Waals surface area contributed by atoms with E-state index in [1.807, 2.05) is 0 Å². The molecular weight excluding hydrogens is 326 g/mol. The van der Waals surface area contributed by atoms with Gasteiger partial charge in [-0.2, -0.15) is 0 Å². The van der Waals surface area contributed by atoms with Crippen molar-refractivity contribution >= 4 is 30.1 Å². The Kier molecular flexibility index (Phi) is 8.59. The number of hydrogen-bond acceptors (Lipinski definition) is 5. The number of carboxylic acid groups (broad SMARTS) is 2. The molecule has 1 unspecified atom stereocenters. The monoisotopic (exact) mass is 347 g/mol. The highest BCUT2D eigenvalue weighted by atomic mass is 16.4. The maximum atomic E-state index is 10.8. The van der Waals surface area contributed by atoms with Crippen LogP contribution in [0.1, 0.15) is 28.8 Å². The molecule has 0 aromatic heterocycles. The number of nitrogens with one attached hydrogen (secondary N) is 2. The summed E-state index contributed by atoms with van der Waals surface area (Å²) in [5.74, 6) is -1.72. The number of carboxylic acids is 2. The molecule has 1 aromatic rings. The molecule has 4 N–H and O–H groups in total. The van der Waals surface area contributed by atoms with Gasteiger partial charge in [-0.15, -0.1) is 0 Å². The van der Waals surface area contributed by atoms with Crippen LogP contribution in [0.25, 0.3) is 5.57 Å². The van der Waals surface area contributed by atoms with Crippen LogP contribution in [0.15, 0.2) is 35.5 Å². The number of nitrogens with zero attached hydrogens (tertiary/aromatic N) is 1. The van der Waals surface area contributed by atoms with Gasteiger partial charge in [0.2, 0.25) is 6.41 Å². The van der Waals surface area contributed by atoms with Gasteiger partial charge in [-0.1, -0.05) is 12.1 Å². The van der Waals surface area contributed by atoms with Crippen LogP contribution < -0.4 is 10.6 Å². The molecule has 0 bridgehead atoms. The zero-order valence-corrected chi connectivity index (χ0v) is 13.8. The van der Waals surface area contributed by atoms with Crippen molar-refractivity contribution in [2.45, 2.75) is 18.9 Å². The second kappa shape index (κ2) is 10.7. The predicted octanol–water partition coefficient (Wildman–Crippen LogP) is 0.995. The molecule has 1 aliphatic rings. The normalized spacial score (nSPS) is 16.8. The zero-order valence-electron chi connectivity index (χ0n) is 13.8. The lowest BCUT2D eigenvalue weighted by atomic mass is 10.0. The maximum Gasteiger partial charge on any atom is 0.335 e. The van der Waals surface area contributed by atoms with Gasteiger partial charge in [0, 0.05) is 25.0 Å². The van der Waals surface area contributed by atoms with Crippen molar-refractivity contribution in [1.29, 1.82) is 0 Å². The SMILES string of the molecule is CN=C/C(=C\NC=O)c1cccc(C(=O)O)c1.O=C(O)C1CCCN1. The third kappa shape index (κ3) is 6.96. The molecule has 1 aromatic carbocycles. The van der Waals surface area contributed by atoms with Gasteiger partial charge in [0.15, 0.2) is 0 Å². The van der Waals surface area contributed by atoms with Crippen molar-refractivity contribution in [2.75, 3.05) is 13.6 Å². The molecular formula is C17H21N3O5. The highest BCUT2D eigenvalue weighted by Crippen LogP contribution is 2.14. The van der Waals surface area contributed by atoms with E-state index in [2.05, 4.69) is 15.6 Å². The Morgan fingerprint density at radius 3 is 2.52 bits per heavy atom. The molecule has 0 radical (unpaired) electrons. The summed E-state index contributed by atoms with van der Waals surface area (Å²) in [4.78, 5) is 35.0. The smallest absolute Gasteiger partial charge is 0.335 e. The quantitative estimate of drug-likeness (QED) is 0.449. The summed E-state index contributed by atoms with van der Waals surface area (Å²) in [7, 11) is 1.59. The molecule has 8 nitrogen and oxygen atoms in total. The summed E-state index contributed by atoms with van der Waals surface area (Å²) >= 11 is 0. The number of amides is 1. The fourth-order valence-electron chi connectivity index (χ4n) is 2.19. The second-order valence-corrected chi connectivity index (χ2v) is 5.14. The summed E-state index contributed by atoms with van der Waals surface area (Å²) in [6.07, 6.45) is 5.31. The van der Waals surface area contributed by atoms with E-state index >= 15 is 0 Å². The van der Waals surface area contributed by atoms with E-state index < -0.39 is 11.9 Å². The number of carbonyl (C=O) groups is 3. The number of aliphatic imine (C=N–C) groups is 1. The van der Waals surface area contributed by atoms with Crippen molar-refractivity contribution in [3.8, 4) is 0 Å². The third-order valence-corrected chi connectivity index (χ3v) is 3.38. The number of aliphatic carboxylic acids is 1. The van der Waals surface area contributed by atoms with E-state index in [0.717, 1.165) is 19.4 Å². The fraction of sp³-hybridized carbons (Fsp3) is 0.294. The third-order valence-electron chi connectivity index (χ3n) is 3.38. The predicted molar refractivity (Wildman–Crippen MR) is 93.7 cm³/mol. The van der Waals surface area contributed by atoms with Crippen LogP contribution in [0.3, 0.4) is 0 Å². The summed E-state index contributed by atoms with van der Waals surface area (Å²) in [5.41, 5.74) is 1.48. The van der Waals surface area contributed by atoms with Crippen molar-refractivity contribution in [3.63, 3.8) is 0 Å². The highest BCUT2D eigenvalue weighted by Gasteiger charge is 2.20. The Morgan fingerprint density at radius 1 is 1.32 bits per heavy atom. The minimum atomic E-state index is -0.997. The molecule has 134 valence electrons. The van der Waals surface area contributed by atoms with Crippen LogP contribution in [-0.4, -0.2) is 54.4 Å². The van der Waals surface area contributed by atoms with Crippen LogP contribution in [-0.2, 0) is 9.59 Å². The van der Waals surface area contributed by atoms with Crippen LogP contribution in [0.5, 0.6) is 0 Å². The Balaban J connectivity index is 0.000000324. The van der Waals surface area contributed by atoms with E-state index in [0.29, 0.717) is 17.5 Å². The van der Waals surface area contributed by atoms with Crippen LogP contribution in [0.2, 0.25) is 0 Å². The van der Waals surface area contributed by atoms with Gasteiger partial charge in [0.05, 0.1) is 5.56 Å². The highest BCUT2D eigenvalue weighted by molar-refractivity contribution is 6.10. The van der Waals surface area contributed by atoms with E-state index in [1.54, 1.807) is 19.2 Å². The molecule has 0 spiro atoms. The second-order valence-electron chi connectivity index (χ2n) is 5.14. The van der Waals surface area contributed by atoms with Crippen molar-refractivity contribution in [3.05, 3.63) is 41.6 Å². The van der Waals surface area contributed by atoms with Gasteiger partial charge < -0.3 is 20.8 Å². The van der Waals surface area contributed by atoms with Crippen molar-refractivity contribution < 1.29 is 24.6 Å². The standard InChI is InChI=1S/C12H12N2O3.C5H9NO2/c1-13-6-11(7-14-8-15)9-3-2-4-10(5-9)12(16)17;7-5(8)4-2-1-3-6-4/h2-8H,1H3,(H,14,15)(H,16,17);4,6H,1-3H2,(H,7,8)/b11-7+,13-6?;. The molecule has 2 rings (SSSR count). The summed E-state index contributed by atoms with van der Waals surface area (Å²) in [6.45, 7) is 0.858. The number of hydrogen-bond donors (Lipinski definition) is 4. The average molecular weight is 347 g/mol. The Morgan fingerprint density at radius 2 is 2.04 bits per heavy atom. The van der Waals surface area contributed by atoms with E-state index in [9.17, 15) is 14.4 Å². The lowest BCUT2D eigenvalue weighted by molar-refractivity contribution is -0.139. The topological polar surface area (TPSA) is 128 Å². The van der Waals surface area contributed by atoms with E-state index in [4.69, 9.17) is 10.2 Å². The Labute approximate surface area is 145 Å². The molecule has 1 aliphatic heterocycles. The first-order valence-corrected chi connectivity index (χ1v) is 7.61. The van der Waals surface area contributed by atoms with Crippen LogP contribution >= 0.6 is 0 Å². The number of carbonyl (C=O) groups excluding carboxylic acids is 1. The van der Waals surface area contributed by atoms with Crippen LogP contribution in [0.4, 0.5) is 0 Å². The first-order chi connectivity index (χ1) is 12.0. The first-order valence-electron chi connectivity index (χ1n) is 7.61. The first kappa shape index (κ1) is 20.0. The fourth-order valence-corrected chi connectivity index (χ4v) is 2.19. The lowest BCUT2D eigenvalue weighted by Crippen LogP contribution is -2.29. The van der Waals surface area contributed by atoms with Gasteiger partial charge in [0.1, 0.15) is 6.04 Å². The molecule has 0 aliphatic carbocycles. The molecule has 1 fully saturated rings. The Hall–Kier alpha value is -3.00. The molecule has 1 atom stereocenters. The maximum absolute atomic E-state index is 10.8. The molecule has 1 saturated heterocycles. The van der Waals surface area contributed by atoms with E-state index in [-0.39, 0.29) is 11.6 Å². The minimum absolute atomic E-state index is 0.184. The van der Waals surface area contributed by atoms with Crippen LogP contribution in [0, 0.1) is 0 Å². The number of benzene rings is 1. The van der Waals surface area contributed by atoms with Gasteiger partial charge in [-0.3, -0.25) is 14.6 Å². The largest absolute Gasteiger partial charge is 0.480 e. The molecule has 0 saturated carbocycles. The van der Waals surface area contributed by atoms with Gasteiger partial charge in [0.25, 0.3) is 0 Å². The van der Waals surface area contributed by atoms with Gasteiger partial charge >= 0.3 is 11.9 Å². The molecule has 1 heterocycles. The van der Waals surface area contributed by atoms with E-state index in [1.165, 1.54) is 24.5 Å². The number of allylic oxidation sites excluding steroid dienone is 1. The van der Waals surface area contributed by atoms with Gasteiger partial charge in [-0.05, 0) is 37.1 Å². The Bertz CT molecular complexity index is 664. The summed E-state index contributed by atoms with van der Waals surface area (Å²) < 4.78 is 0. The average Bonchev–Trinajstić information content (AvgIpc) is 3.14. The number of rotatable bonds is 6. The molecule has 8 heteroatoms. The number of aromatic carboxylic acids is 1. The summed E-state index contributed by atoms with van der Waals surface area (Å²) in [5, 5.41) is 22.5. The lowest BCUT2D eigenvalue weighted by Gasteiger charge is -2.03.